The Kier molecular flexibility index (Phi) is 28.1. The number of hydrogen-bond donors (Lipinski definition) is 5. The third-order valence-electron chi connectivity index (χ3n) is 20.3. The second-order valence-corrected chi connectivity index (χ2v) is 67.0. The predicted octanol–water partition coefficient (Wildman–Crippen LogP) is 20.0. The molecule has 10 heterocycles. The fraction of sp³-hybridized carbons (Fsp3) is 0.309. The molecule has 112 heavy (non-hydrogen) atoms. The number of fused-ring (bicyclic) bond motifs is 10. The average Bonchev–Trinajstić information content (AvgIpc) is 1.58. The van der Waals surface area contributed by atoms with Crippen molar-refractivity contribution in [3.8, 4) is 11.5 Å². The third kappa shape index (κ3) is 19.1. The van der Waals surface area contributed by atoms with Gasteiger partial charge in [-0.3, -0.25) is 24.0 Å². The van der Waals surface area contributed by atoms with E-state index in [1.807, 2.05) is 152 Å². The number of nitrogens with two attached hydrogens (primary N) is 1. The number of ether oxygens (including phenoxy) is 3. The van der Waals surface area contributed by atoms with Crippen molar-refractivity contribution in [2.45, 2.75) is 71.3 Å². The fourth-order valence-electron chi connectivity index (χ4n) is 14.8. The molecule has 16 rings (SSSR count). The number of likely N-dealkylation sites (N-methyl/N-ethyl adjacent to an activating group) is 2. The zero-order valence-electron chi connectivity index (χ0n) is 62.6. The van der Waals surface area contributed by atoms with Crippen LogP contribution in [0.25, 0.3) is 63.8 Å². The molecule has 0 bridgehead atoms. The molecule has 0 saturated carbocycles. The van der Waals surface area contributed by atoms with E-state index in [-0.39, 0.29) is 78.9 Å². The Labute approximate surface area is 727 Å². The summed E-state index contributed by atoms with van der Waals surface area (Å²) in [5, 5.41) is 9.46. The molecule has 0 aliphatic carbocycles. The van der Waals surface area contributed by atoms with E-state index in [9.17, 15) is 33.6 Å². The van der Waals surface area contributed by atoms with E-state index in [0.29, 0.717) is 102 Å². The number of aromatic nitrogens is 4. The number of aromatic amines is 4. The van der Waals surface area contributed by atoms with E-state index >= 15 is 0 Å². The first kappa shape index (κ1) is 85.6. The van der Waals surface area contributed by atoms with Crippen LogP contribution in [0.1, 0.15) is 114 Å². The van der Waals surface area contributed by atoms with Crippen molar-refractivity contribution in [3.63, 3.8) is 0 Å². The van der Waals surface area contributed by atoms with Gasteiger partial charge in [0, 0.05) is 211 Å². The predicted molar refractivity (Wildman–Crippen MR) is 493 cm³/mol. The first-order valence-electron chi connectivity index (χ1n) is 35.7. The van der Waals surface area contributed by atoms with Gasteiger partial charge in [-0.25, -0.2) is 9.59 Å². The van der Waals surface area contributed by atoms with Crippen molar-refractivity contribution in [1.29, 1.82) is 0 Å². The van der Waals surface area contributed by atoms with Gasteiger partial charge < -0.3 is 76.7 Å². The molecule has 6 N–H and O–H groups in total. The molecule has 4 aliphatic heterocycles. The molecule has 4 amide bonds. The first-order chi connectivity index (χ1) is 53.1. The number of thiophene rings is 2. The number of nitrogens with one attached hydrogen (secondary N) is 4. The van der Waals surface area contributed by atoms with Crippen LogP contribution in [0.3, 0.4) is 0 Å². The summed E-state index contributed by atoms with van der Waals surface area (Å²) in [4.78, 5) is 118. The van der Waals surface area contributed by atoms with Gasteiger partial charge in [0.2, 0.25) is 0 Å². The van der Waals surface area contributed by atoms with Crippen molar-refractivity contribution >= 4 is 265 Å². The molecule has 21 nitrogen and oxygen atoms in total. The van der Waals surface area contributed by atoms with E-state index < -0.39 is 11.7 Å². The number of ketones is 2. The van der Waals surface area contributed by atoms with Gasteiger partial charge in [0.1, 0.15) is 17.0 Å². The van der Waals surface area contributed by atoms with E-state index in [0.717, 1.165) is 129 Å². The number of carbonyl (C=O) groups excluding carboxylic acids is 7. The Bertz CT molecular complexity index is 5600. The minimum atomic E-state index is -0.561. The number of nitrogens with zero attached hydrogens (tertiary/aromatic N) is 6. The molecule has 6 aromatic carbocycles. The second-order valence-electron chi connectivity index (χ2n) is 29.2. The molecule has 0 radical (unpaired) electrons. The van der Waals surface area contributed by atoms with E-state index in [2.05, 4.69) is 138 Å². The summed E-state index contributed by atoms with van der Waals surface area (Å²) < 4.78 is 19.3. The maximum atomic E-state index is 14.3. The molecular weight excluding hydrogens is 2110 g/mol. The summed E-state index contributed by atoms with van der Waals surface area (Å²) in [6.07, 6.45) is -0.273. The molecule has 0 spiro atoms. The third-order valence-corrected chi connectivity index (χ3v) is 23.2. The summed E-state index contributed by atoms with van der Waals surface area (Å²) >= 11 is 27.8. The first-order valence-corrected chi connectivity index (χ1v) is 58.4. The van der Waals surface area contributed by atoms with Gasteiger partial charge in [-0.15, -0.1) is 45.9 Å². The van der Waals surface area contributed by atoms with Crippen LogP contribution < -0.4 is 25.0 Å². The van der Waals surface area contributed by atoms with Gasteiger partial charge in [-0.1, -0.05) is 18.2 Å². The molecule has 31 heteroatoms. The maximum absolute atomic E-state index is 14.3. The van der Waals surface area contributed by atoms with Crippen LogP contribution in [0.2, 0.25) is 0 Å². The molecular formula is C81H82Cl2I5N11O10S2V-. The summed E-state index contributed by atoms with van der Waals surface area (Å²) in [6.45, 7) is 15.9. The van der Waals surface area contributed by atoms with Gasteiger partial charge >= 0.3 is 83.0 Å². The van der Waals surface area contributed by atoms with Crippen LogP contribution in [0.15, 0.2) is 120 Å². The van der Waals surface area contributed by atoms with E-state index in [1.165, 1.54) is 22.7 Å². The van der Waals surface area contributed by atoms with Gasteiger partial charge in [0.15, 0.2) is 23.1 Å². The number of piperazine rings is 2. The number of rotatable bonds is 14. The summed E-state index contributed by atoms with van der Waals surface area (Å²) in [6, 6.07) is 33.5. The standard InChI is InChI=1S/C43H44ClN5O6S.C37H35ClN6O4S.CH3.I2.3HI.V/c1-24-23-56-40-36(54-42(53)48-12-10-47(5)11-13-48)20-34-39(38(24)40)29(21-44)22-49(34)41(52)33-19-28-14-25(6-8-31(28)46-33)16-35(50)32-18-27-15-26(7-9-30(27)45-32)17-37(51)55-43(2,3)4;1-20-19-49-35-32(48-37(47)43-9-7-42(2)8-10-43)16-30-34(33(20)35)24(17-38)18-44(30)36(46)29-15-22-11-21(3-5-26(22)41-29)12-31(45)28-14-23-13-25(39)4-6-27(23)40-28;;1-2;;;;/h6-9,14-15,18-20,23,29,45-46H,10-13,16-17,21-22H2,1-5H3;3-6,11,13-16,19,24,40-41H,7-10,12,17-18,39H2,1-2H3;1H3;;3*1H;/q;;-1;;;;;+3/p-3/t29-;24-;;;;;;/m11....../s1. The number of Topliss-reactive ketones (excluding diaryl/α,β-unsaturated/α-hetero) is 2. The number of aryl methyl sites for hydroxylation is 2. The molecule has 2 fully saturated rings. The number of benzene rings is 6. The van der Waals surface area contributed by atoms with Gasteiger partial charge in [0.05, 0.1) is 38.6 Å². The van der Waals surface area contributed by atoms with Gasteiger partial charge in [-0.05, 0) is 177 Å². The monoisotopic (exact) mass is 2190 g/mol. The van der Waals surface area contributed by atoms with Crippen LogP contribution in [0, 0.1) is 21.3 Å². The van der Waals surface area contributed by atoms with Crippen LogP contribution in [-0.2, 0) is 33.7 Å². The van der Waals surface area contributed by atoms with Crippen molar-refractivity contribution in [2.75, 3.05) is 107 Å². The minimum absolute atomic E-state index is 0. The Morgan fingerprint density at radius 2 is 0.866 bits per heavy atom. The van der Waals surface area contributed by atoms with Crippen molar-refractivity contribution in [1.82, 2.24) is 39.5 Å². The number of carbonyl (C=O) groups is 7. The molecule has 6 aromatic heterocycles. The SMILES string of the molecule is Cc1csc2c(OC(=O)N3CCN(C)CC3)cc3c(c12)[C@H](CCl)CN3C(=O)c1cc2cc(CC(=O)c3cc4cc(CC(=O)OC(C)(C)C)ccc4[nH]3)ccc2[nH]1.Cc1csc2c(OC(=O)N3CCN(C)CC3)cc3c(c12)[C@H](CCl)CN3C(=O)c1cc2cc(CC(=O)c3cc4cc(N)ccc4[nH]3)ccc2[nH]1.II.[CH3-].[I][V]([I])[I]. The van der Waals surface area contributed by atoms with Crippen molar-refractivity contribution < 1.29 is 52.7 Å². The van der Waals surface area contributed by atoms with Gasteiger partial charge in [0.25, 0.3) is 11.8 Å². The number of amides is 4. The van der Waals surface area contributed by atoms with Gasteiger partial charge in [-0.2, -0.15) is 0 Å². The Morgan fingerprint density at radius 3 is 1.24 bits per heavy atom. The number of esters is 1. The topological polar surface area (TPSA) is 256 Å². The number of alkyl halides is 2. The number of anilines is 3. The fourth-order valence-corrected chi connectivity index (χ4v) is 17.4. The average molecular weight is 2190 g/mol. The zero-order valence-corrected chi connectivity index (χ0v) is 77.9. The summed E-state index contributed by atoms with van der Waals surface area (Å²) in [7, 11) is 4.07. The molecule has 2 atom stereocenters. The number of nitrogen functional groups attached to an aromatic ring is 1. The quantitative estimate of drug-likeness (QED) is 0.0170. The molecule has 588 valence electrons. The zero-order chi connectivity index (χ0) is 79.0. The molecule has 12 aromatic rings. The Hall–Kier alpha value is -5.78. The number of H-pyrrole nitrogens is 4. The Balaban J connectivity index is 0.000000194. The van der Waals surface area contributed by atoms with Crippen molar-refractivity contribution in [2.24, 2.45) is 0 Å². The van der Waals surface area contributed by atoms with Crippen LogP contribution in [-0.4, -0.2) is 178 Å². The van der Waals surface area contributed by atoms with E-state index in [4.69, 9.17) is 43.1 Å². The van der Waals surface area contributed by atoms with Crippen LogP contribution >= 0.6 is 143 Å². The molecule has 0 unspecified atom stereocenters. The number of halogens is 7. The Morgan fingerprint density at radius 1 is 0.518 bits per heavy atom. The van der Waals surface area contributed by atoms with Crippen LogP contribution in [0.4, 0.5) is 26.7 Å². The summed E-state index contributed by atoms with van der Waals surface area (Å²) in [5.41, 5.74) is 19.0. The number of hydrogen-bond acceptors (Lipinski definition) is 15. The van der Waals surface area contributed by atoms with E-state index in [1.54, 1.807) is 25.7 Å². The second kappa shape index (κ2) is 36.8. The van der Waals surface area contributed by atoms with Crippen LogP contribution in [0.5, 0.6) is 11.5 Å². The molecule has 2 saturated heterocycles. The molecule has 4 aliphatic rings. The van der Waals surface area contributed by atoms with Crippen molar-refractivity contribution in [3.05, 3.63) is 189 Å². The summed E-state index contributed by atoms with van der Waals surface area (Å²) in [5.74, 6) is 0.529. The normalized spacial score (nSPS) is 15.7.